The Kier molecular flexibility index (Phi) is 5.36. The second-order valence-corrected chi connectivity index (χ2v) is 8.95. The van der Waals surface area contributed by atoms with Crippen molar-refractivity contribution in [2.24, 2.45) is 5.92 Å². The SMILES string of the molecule is Cc1ccc2[nH]cc(CCN3C[C@@H](C(=O)Nc4nnc(C(C)C)s4)CC3=O)c2c1. The van der Waals surface area contributed by atoms with Crippen molar-refractivity contribution in [1.82, 2.24) is 20.1 Å². The lowest BCUT2D eigenvalue weighted by Crippen LogP contribution is -2.30. The summed E-state index contributed by atoms with van der Waals surface area (Å²) in [6, 6.07) is 6.32. The second kappa shape index (κ2) is 7.94. The molecule has 152 valence electrons. The van der Waals surface area contributed by atoms with Gasteiger partial charge in [-0.15, -0.1) is 10.2 Å². The molecule has 2 aromatic heterocycles. The number of fused-ring (bicyclic) bond motifs is 1. The van der Waals surface area contributed by atoms with E-state index in [2.05, 4.69) is 45.6 Å². The van der Waals surface area contributed by atoms with E-state index in [1.165, 1.54) is 27.8 Å². The topological polar surface area (TPSA) is 91.0 Å². The van der Waals surface area contributed by atoms with E-state index >= 15 is 0 Å². The molecule has 1 atom stereocenters. The van der Waals surface area contributed by atoms with Gasteiger partial charge in [-0.3, -0.25) is 9.59 Å². The Balaban J connectivity index is 1.36. The van der Waals surface area contributed by atoms with Crippen LogP contribution in [0.3, 0.4) is 0 Å². The maximum Gasteiger partial charge on any atom is 0.231 e. The smallest absolute Gasteiger partial charge is 0.231 e. The third-order valence-corrected chi connectivity index (χ3v) is 6.46. The van der Waals surface area contributed by atoms with Crippen LogP contribution < -0.4 is 5.32 Å². The molecule has 2 amide bonds. The van der Waals surface area contributed by atoms with E-state index in [9.17, 15) is 9.59 Å². The monoisotopic (exact) mass is 411 g/mol. The summed E-state index contributed by atoms with van der Waals surface area (Å²) in [5.41, 5.74) is 3.51. The van der Waals surface area contributed by atoms with Crippen molar-refractivity contribution in [3.8, 4) is 0 Å². The molecular formula is C21H25N5O2S. The minimum absolute atomic E-state index is 0.0290. The maximum atomic E-state index is 12.6. The summed E-state index contributed by atoms with van der Waals surface area (Å²) in [6.07, 6.45) is 3.02. The van der Waals surface area contributed by atoms with Gasteiger partial charge >= 0.3 is 0 Å². The number of aromatic nitrogens is 3. The van der Waals surface area contributed by atoms with Gasteiger partial charge in [0.15, 0.2) is 0 Å². The molecule has 0 bridgehead atoms. The van der Waals surface area contributed by atoms with Gasteiger partial charge in [0.2, 0.25) is 16.9 Å². The molecule has 29 heavy (non-hydrogen) atoms. The number of likely N-dealkylation sites (tertiary alicyclic amines) is 1. The number of rotatable bonds is 6. The lowest BCUT2D eigenvalue weighted by atomic mass is 10.1. The molecule has 8 heteroatoms. The van der Waals surface area contributed by atoms with E-state index in [4.69, 9.17) is 0 Å². The first-order valence-electron chi connectivity index (χ1n) is 9.89. The predicted molar refractivity (Wildman–Crippen MR) is 114 cm³/mol. The minimum Gasteiger partial charge on any atom is -0.361 e. The van der Waals surface area contributed by atoms with Gasteiger partial charge in [0.05, 0.1) is 5.92 Å². The summed E-state index contributed by atoms with van der Waals surface area (Å²) >= 11 is 1.38. The average Bonchev–Trinajstić information content (AvgIpc) is 3.39. The lowest BCUT2D eigenvalue weighted by Gasteiger charge is -2.16. The molecule has 3 aromatic rings. The molecular weight excluding hydrogens is 386 g/mol. The number of benzene rings is 1. The molecule has 3 heterocycles. The van der Waals surface area contributed by atoms with Gasteiger partial charge in [-0.2, -0.15) is 0 Å². The van der Waals surface area contributed by atoms with Crippen LogP contribution in [0.25, 0.3) is 10.9 Å². The molecule has 0 unspecified atom stereocenters. The first-order valence-corrected chi connectivity index (χ1v) is 10.7. The predicted octanol–water partition coefficient (Wildman–Crippen LogP) is 3.48. The largest absolute Gasteiger partial charge is 0.361 e. The van der Waals surface area contributed by atoms with Gasteiger partial charge < -0.3 is 15.2 Å². The number of anilines is 1. The zero-order valence-corrected chi connectivity index (χ0v) is 17.7. The highest BCUT2D eigenvalue weighted by Crippen LogP contribution is 2.26. The molecule has 4 rings (SSSR count). The highest BCUT2D eigenvalue weighted by Gasteiger charge is 2.34. The van der Waals surface area contributed by atoms with Crippen LogP contribution in [0.1, 0.15) is 42.3 Å². The Morgan fingerprint density at radius 2 is 2.21 bits per heavy atom. The van der Waals surface area contributed by atoms with E-state index < -0.39 is 0 Å². The van der Waals surface area contributed by atoms with E-state index in [1.54, 1.807) is 4.90 Å². The third-order valence-electron chi connectivity index (χ3n) is 5.32. The fourth-order valence-electron chi connectivity index (χ4n) is 3.64. The Labute approximate surface area is 173 Å². The molecule has 0 saturated carbocycles. The van der Waals surface area contributed by atoms with Crippen molar-refractivity contribution in [3.63, 3.8) is 0 Å². The van der Waals surface area contributed by atoms with Gasteiger partial charge in [-0.1, -0.05) is 36.8 Å². The van der Waals surface area contributed by atoms with Crippen LogP contribution in [-0.2, 0) is 16.0 Å². The molecule has 1 aliphatic rings. The highest BCUT2D eigenvalue weighted by molar-refractivity contribution is 7.15. The number of carbonyl (C=O) groups excluding carboxylic acids is 2. The fourth-order valence-corrected chi connectivity index (χ4v) is 4.39. The molecule has 0 radical (unpaired) electrons. The molecule has 1 saturated heterocycles. The van der Waals surface area contributed by atoms with Gasteiger partial charge in [0.1, 0.15) is 5.01 Å². The summed E-state index contributed by atoms with van der Waals surface area (Å²) in [6.45, 7) is 7.20. The van der Waals surface area contributed by atoms with Crippen molar-refractivity contribution in [2.75, 3.05) is 18.4 Å². The quantitative estimate of drug-likeness (QED) is 0.650. The molecule has 7 nitrogen and oxygen atoms in total. The minimum atomic E-state index is -0.348. The number of hydrogen-bond acceptors (Lipinski definition) is 5. The van der Waals surface area contributed by atoms with E-state index in [0.717, 1.165) is 16.9 Å². The number of hydrogen-bond donors (Lipinski definition) is 2. The highest BCUT2D eigenvalue weighted by atomic mass is 32.1. The van der Waals surface area contributed by atoms with Crippen LogP contribution >= 0.6 is 11.3 Å². The molecule has 0 aliphatic carbocycles. The van der Waals surface area contributed by atoms with Crippen molar-refractivity contribution in [3.05, 3.63) is 40.5 Å². The molecule has 1 aliphatic heterocycles. The van der Waals surface area contributed by atoms with Crippen molar-refractivity contribution < 1.29 is 9.59 Å². The first kappa shape index (κ1) is 19.6. The van der Waals surface area contributed by atoms with Crippen LogP contribution in [0, 0.1) is 12.8 Å². The summed E-state index contributed by atoms with van der Waals surface area (Å²) in [5, 5.41) is 13.5. The lowest BCUT2D eigenvalue weighted by molar-refractivity contribution is -0.128. The number of carbonyl (C=O) groups is 2. The molecule has 1 aromatic carbocycles. The van der Waals surface area contributed by atoms with Crippen molar-refractivity contribution >= 4 is 39.2 Å². The van der Waals surface area contributed by atoms with E-state index in [-0.39, 0.29) is 30.1 Å². The number of aromatic amines is 1. The standard InChI is InChI=1S/C21H25N5O2S/c1-12(2)20-24-25-21(29-20)23-19(28)15-9-18(27)26(11-15)7-6-14-10-22-17-5-4-13(3)8-16(14)17/h4-5,8,10,12,15,22H,6-7,9,11H2,1-3H3,(H,23,25,28)/t15-/m0/s1. The van der Waals surface area contributed by atoms with Crippen LogP contribution in [0.4, 0.5) is 5.13 Å². The van der Waals surface area contributed by atoms with Crippen LogP contribution in [0.2, 0.25) is 0 Å². The normalized spacial score (nSPS) is 16.9. The van der Waals surface area contributed by atoms with Crippen LogP contribution in [0.15, 0.2) is 24.4 Å². The van der Waals surface area contributed by atoms with E-state index in [0.29, 0.717) is 18.2 Å². The Morgan fingerprint density at radius 3 is 2.97 bits per heavy atom. The zero-order valence-electron chi connectivity index (χ0n) is 16.9. The summed E-state index contributed by atoms with van der Waals surface area (Å²) in [4.78, 5) is 30.1. The number of aryl methyl sites for hydroxylation is 1. The first-order chi connectivity index (χ1) is 13.9. The van der Waals surface area contributed by atoms with Gasteiger partial charge in [-0.05, 0) is 31.0 Å². The summed E-state index contributed by atoms with van der Waals surface area (Å²) in [5.74, 6) is -0.203. The van der Waals surface area contributed by atoms with Gasteiger partial charge in [0.25, 0.3) is 0 Å². The molecule has 0 spiro atoms. The number of H-pyrrole nitrogens is 1. The van der Waals surface area contributed by atoms with Crippen LogP contribution in [0.5, 0.6) is 0 Å². The Hall–Kier alpha value is -2.74. The number of nitrogens with one attached hydrogen (secondary N) is 2. The zero-order chi connectivity index (χ0) is 20.5. The molecule has 2 N–H and O–H groups in total. The molecule has 1 fully saturated rings. The van der Waals surface area contributed by atoms with Crippen molar-refractivity contribution in [1.29, 1.82) is 0 Å². The second-order valence-electron chi connectivity index (χ2n) is 7.94. The average molecular weight is 412 g/mol. The Morgan fingerprint density at radius 1 is 1.38 bits per heavy atom. The number of nitrogens with zero attached hydrogens (tertiary/aromatic N) is 3. The van der Waals surface area contributed by atoms with Crippen LogP contribution in [-0.4, -0.2) is 45.0 Å². The summed E-state index contributed by atoms with van der Waals surface area (Å²) < 4.78 is 0. The maximum absolute atomic E-state index is 12.6. The fraction of sp³-hybridized carbons (Fsp3) is 0.429. The summed E-state index contributed by atoms with van der Waals surface area (Å²) in [7, 11) is 0. The van der Waals surface area contributed by atoms with E-state index in [1.807, 2.05) is 20.0 Å². The van der Waals surface area contributed by atoms with Crippen molar-refractivity contribution in [2.45, 2.75) is 39.5 Å². The number of amides is 2. The van der Waals surface area contributed by atoms with Gasteiger partial charge in [0, 0.05) is 42.5 Å². The third kappa shape index (κ3) is 4.17. The Bertz CT molecular complexity index is 1050. The van der Waals surface area contributed by atoms with Gasteiger partial charge in [-0.25, -0.2) is 0 Å².